The number of halogens is 3. The maximum atomic E-state index is 14.1. The SMILES string of the molecule is CC(C)[C@H](NC(=O)N1CCC(N(C)C(=O)OC(C)(C)C)CC1)C(=O)N1CCC[C@H]1[C@](Cc1ccccc1)(C(N)=O)C(=O)C(F)(F)F. The highest BCUT2D eigenvalue weighted by atomic mass is 19.4. The second-order valence-corrected chi connectivity index (χ2v) is 13.5. The van der Waals surface area contributed by atoms with Gasteiger partial charge in [-0.05, 0) is 64.4 Å². The Labute approximate surface area is 267 Å². The molecule has 1 aromatic rings. The van der Waals surface area contributed by atoms with E-state index in [-0.39, 0.29) is 44.1 Å². The van der Waals surface area contributed by atoms with Crippen molar-refractivity contribution in [3.8, 4) is 0 Å². The van der Waals surface area contributed by atoms with E-state index in [0.717, 1.165) is 4.90 Å². The van der Waals surface area contributed by atoms with Gasteiger partial charge in [-0.3, -0.25) is 14.4 Å². The number of piperidine rings is 1. The summed E-state index contributed by atoms with van der Waals surface area (Å²) in [5.74, 6) is -4.94. The molecule has 0 unspecified atom stereocenters. The first-order valence-electron chi connectivity index (χ1n) is 15.6. The minimum atomic E-state index is -5.39. The largest absolute Gasteiger partial charge is 0.451 e. The van der Waals surface area contributed by atoms with E-state index < -0.39 is 71.3 Å². The van der Waals surface area contributed by atoms with Crippen LogP contribution in [0, 0.1) is 11.3 Å². The van der Waals surface area contributed by atoms with E-state index in [1.807, 2.05) is 0 Å². The molecule has 0 spiro atoms. The molecule has 0 aliphatic carbocycles. The molecule has 0 radical (unpaired) electrons. The van der Waals surface area contributed by atoms with Gasteiger partial charge in [0.1, 0.15) is 17.1 Å². The average Bonchev–Trinajstić information content (AvgIpc) is 3.47. The van der Waals surface area contributed by atoms with E-state index in [2.05, 4.69) is 5.32 Å². The number of hydrogen-bond donors (Lipinski definition) is 2. The van der Waals surface area contributed by atoms with Crippen LogP contribution in [0.1, 0.15) is 65.9 Å². The summed E-state index contributed by atoms with van der Waals surface area (Å²) in [5.41, 5.74) is 2.51. The van der Waals surface area contributed by atoms with Crippen LogP contribution >= 0.6 is 0 Å². The average molecular weight is 654 g/mol. The van der Waals surface area contributed by atoms with Gasteiger partial charge in [-0.15, -0.1) is 0 Å². The monoisotopic (exact) mass is 653 g/mol. The molecular weight excluding hydrogens is 607 g/mol. The first-order chi connectivity index (χ1) is 21.3. The summed E-state index contributed by atoms with van der Waals surface area (Å²) in [6.07, 6.45) is -5.37. The highest BCUT2D eigenvalue weighted by Crippen LogP contribution is 2.42. The van der Waals surface area contributed by atoms with Gasteiger partial charge < -0.3 is 30.5 Å². The Morgan fingerprint density at radius 1 is 1.00 bits per heavy atom. The molecule has 1 aromatic carbocycles. The molecule has 3 rings (SSSR count). The fourth-order valence-corrected chi connectivity index (χ4v) is 6.28. The molecule has 2 saturated heterocycles. The third-order valence-electron chi connectivity index (χ3n) is 8.73. The number of hydrogen-bond acceptors (Lipinski definition) is 6. The van der Waals surface area contributed by atoms with Crippen molar-refractivity contribution in [1.82, 2.24) is 20.0 Å². The van der Waals surface area contributed by atoms with Gasteiger partial charge in [0.15, 0.2) is 0 Å². The number of amides is 5. The van der Waals surface area contributed by atoms with Gasteiger partial charge in [0.05, 0.1) is 6.04 Å². The van der Waals surface area contributed by atoms with E-state index >= 15 is 0 Å². The molecule has 2 fully saturated rings. The third kappa shape index (κ3) is 8.30. The van der Waals surface area contributed by atoms with Gasteiger partial charge in [-0.2, -0.15) is 13.2 Å². The highest BCUT2D eigenvalue weighted by Gasteiger charge is 2.63. The van der Waals surface area contributed by atoms with E-state index in [4.69, 9.17) is 10.5 Å². The summed E-state index contributed by atoms with van der Waals surface area (Å²) in [6.45, 7) is 9.24. The minimum absolute atomic E-state index is 0.0139. The molecule has 0 saturated carbocycles. The van der Waals surface area contributed by atoms with Crippen molar-refractivity contribution in [2.24, 2.45) is 17.1 Å². The topological polar surface area (TPSA) is 142 Å². The lowest BCUT2D eigenvalue weighted by atomic mass is 9.69. The normalized spacial score (nSPS) is 19.7. The summed E-state index contributed by atoms with van der Waals surface area (Å²) in [6, 6.07) is 4.44. The number of likely N-dealkylation sites (tertiary alicyclic amines) is 2. The zero-order valence-electron chi connectivity index (χ0n) is 27.4. The van der Waals surface area contributed by atoms with Crippen LogP contribution in [-0.4, -0.2) is 101 Å². The lowest BCUT2D eigenvalue weighted by Gasteiger charge is -2.42. The van der Waals surface area contributed by atoms with Crippen LogP contribution < -0.4 is 11.1 Å². The summed E-state index contributed by atoms with van der Waals surface area (Å²) in [4.78, 5) is 70.1. The molecule has 2 aliphatic heterocycles. The van der Waals surface area contributed by atoms with Crippen molar-refractivity contribution in [2.75, 3.05) is 26.7 Å². The zero-order valence-corrected chi connectivity index (χ0v) is 27.4. The molecular formula is C32H46F3N5O6. The molecule has 46 heavy (non-hydrogen) atoms. The number of Topliss-reactive ketones (excluding diaryl/α,β-unsaturated/α-hetero) is 1. The number of nitrogens with zero attached hydrogens (tertiary/aromatic N) is 3. The molecule has 2 aliphatic rings. The molecule has 3 atom stereocenters. The number of urea groups is 1. The fraction of sp³-hybridized carbons (Fsp3) is 0.656. The Morgan fingerprint density at radius 2 is 1.59 bits per heavy atom. The lowest BCUT2D eigenvalue weighted by Crippen LogP contribution is -2.64. The van der Waals surface area contributed by atoms with Crippen LogP contribution in [0.2, 0.25) is 0 Å². The summed E-state index contributed by atoms with van der Waals surface area (Å²) in [5, 5.41) is 2.74. The Bertz CT molecular complexity index is 1280. The standard InChI is InChI=1S/C32H46F3N5O6/c1-20(2)24(37-28(44)39-17-14-22(15-18-39)38(6)29(45)46-30(3,4)5)25(41)40-16-10-13-23(40)31(27(36)43,26(42)32(33,34)35)19-21-11-8-7-9-12-21/h7-9,11-12,20,22-24H,10,13-19H2,1-6H3,(H2,36,43)(H,37,44)/t23-,24-,31-/m0/s1. The van der Waals surface area contributed by atoms with Crippen LogP contribution in [0.25, 0.3) is 0 Å². The molecule has 3 N–H and O–H groups in total. The zero-order chi connectivity index (χ0) is 34.6. The number of carbonyl (C=O) groups is 5. The first kappa shape index (κ1) is 36.6. The first-order valence-corrected chi connectivity index (χ1v) is 15.6. The second kappa shape index (κ2) is 14.3. The smallest absolute Gasteiger partial charge is 0.444 e. The minimum Gasteiger partial charge on any atom is -0.444 e. The number of carbonyl (C=O) groups excluding carboxylic acids is 5. The van der Waals surface area contributed by atoms with Gasteiger partial charge in [0.25, 0.3) is 5.78 Å². The van der Waals surface area contributed by atoms with Crippen LogP contribution in [0.15, 0.2) is 30.3 Å². The summed E-state index contributed by atoms with van der Waals surface area (Å²) < 4.78 is 47.7. The van der Waals surface area contributed by atoms with Crippen molar-refractivity contribution in [3.05, 3.63) is 35.9 Å². The number of nitrogens with two attached hydrogens (primary N) is 1. The highest BCUT2D eigenvalue weighted by molar-refractivity contribution is 6.09. The van der Waals surface area contributed by atoms with Gasteiger partial charge in [0.2, 0.25) is 11.8 Å². The van der Waals surface area contributed by atoms with Crippen LogP contribution in [0.4, 0.5) is 22.8 Å². The van der Waals surface area contributed by atoms with E-state index in [1.54, 1.807) is 59.9 Å². The van der Waals surface area contributed by atoms with E-state index in [9.17, 15) is 37.1 Å². The summed E-state index contributed by atoms with van der Waals surface area (Å²) in [7, 11) is 1.64. The van der Waals surface area contributed by atoms with Gasteiger partial charge in [-0.25, -0.2) is 9.59 Å². The Kier molecular flexibility index (Phi) is 11.4. The lowest BCUT2D eigenvalue weighted by molar-refractivity contribution is -0.187. The number of alkyl halides is 3. The van der Waals surface area contributed by atoms with Crippen LogP contribution in [0.5, 0.6) is 0 Å². The van der Waals surface area contributed by atoms with Crippen molar-refractivity contribution >= 4 is 29.7 Å². The number of benzene rings is 1. The number of nitrogens with one attached hydrogen (secondary N) is 1. The number of ether oxygens (including phenoxy) is 1. The molecule has 2 heterocycles. The molecule has 5 amide bonds. The molecule has 256 valence electrons. The Balaban J connectivity index is 1.81. The van der Waals surface area contributed by atoms with Crippen molar-refractivity contribution < 1.29 is 41.9 Å². The Morgan fingerprint density at radius 3 is 2.09 bits per heavy atom. The van der Waals surface area contributed by atoms with Gasteiger partial charge in [0, 0.05) is 32.7 Å². The molecule has 0 bridgehead atoms. The molecule has 0 aromatic heterocycles. The maximum absolute atomic E-state index is 14.1. The fourth-order valence-electron chi connectivity index (χ4n) is 6.28. The predicted molar refractivity (Wildman–Crippen MR) is 163 cm³/mol. The van der Waals surface area contributed by atoms with Crippen LogP contribution in [-0.2, 0) is 25.5 Å². The molecule has 11 nitrogen and oxygen atoms in total. The number of ketones is 1. The quantitative estimate of drug-likeness (QED) is 0.388. The van der Waals surface area contributed by atoms with Gasteiger partial charge in [-0.1, -0.05) is 44.2 Å². The number of rotatable bonds is 9. The second-order valence-electron chi connectivity index (χ2n) is 13.5. The molecule has 14 heteroatoms. The summed E-state index contributed by atoms with van der Waals surface area (Å²) >= 11 is 0. The van der Waals surface area contributed by atoms with Crippen molar-refractivity contribution in [1.29, 1.82) is 0 Å². The third-order valence-corrected chi connectivity index (χ3v) is 8.73. The van der Waals surface area contributed by atoms with Crippen molar-refractivity contribution in [3.63, 3.8) is 0 Å². The van der Waals surface area contributed by atoms with E-state index in [1.165, 1.54) is 21.9 Å². The number of primary amides is 1. The van der Waals surface area contributed by atoms with Crippen LogP contribution in [0.3, 0.4) is 0 Å². The van der Waals surface area contributed by atoms with Gasteiger partial charge >= 0.3 is 18.3 Å². The predicted octanol–water partition coefficient (Wildman–Crippen LogP) is 3.89. The van der Waals surface area contributed by atoms with Crippen molar-refractivity contribution in [2.45, 2.75) is 96.6 Å². The Hall–Kier alpha value is -3.84. The van der Waals surface area contributed by atoms with E-state index in [0.29, 0.717) is 12.8 Å². The maximum Gasteiger partial charge on any atom is 0.451 e.